The molecule has 96 valence electrons. The van der Waals surface area contributed by atoms with Gasteiger partial charge in [-0.25, -0.2) is 4.39 Å². The number of rotatable bonds is 4. The van der Waals surface area contributed by atoms with E-state index in [1.807, 2.05) is 13.0 Å². The maximum atomic E-state index is 13.3. The molecule has 0 aliphatic rings. The van der Waals surface area contributed by atoms with Crippen LogP contribution in [0.15, 0.2) is 24.3 Å². The Labute approximate surface area is 111 Å². The zero-order valence-electron chi connectivity index (χ0n) is 10.8. The first kappa shape index (κ1) is 13.1. The van der Waals surface area contributed by atoms with E-state index >= 15 is 0 Å². The van der Waals surface area contributed by atoms with E-state index in [4.69, 9.17) is 0 Å². The van der Waals surface area contributed by atoms with Crippen LogP contribution in [0.4, 0.5) is 10.1 Å². The highest BCUT2D eigenvalue weighted by Gasteiger charge is 2.08. The van der Waals surface area contributed by atoms with Crippen molar-refractivity contribution < 1.29 is 4.39 Å². The molecule has 0 saturated heterocycles. The van der Waals surface area contributed by atoms with Gasteiger partial charge < -0.3 is 5.32 Å². The number of nitrogens with zero attached hydrogens (tertiary/aromatic N) is 1. The summed E-state index contributed by atoms with van der Waals surface area (Å²) in [5.41, 5.74) is 2.72. The lowest BCUT2D eigenvalue weighted by molar-refractivity contribution is 0.629. The molecular formula is C14H17FN2S. The van der Waals surface area contributed by atoms with Crippen molar-refractivity contribution in [2.75, 3.05) is 17.3 Å². The lowest BCUT2D eigenvalue weighted by atomic mass is 10.1. The number of aromatic nitrogens is 1. The van der Waals surface area contributed by atoms with Gasteiger partial charge >= 0.3 is 0 Å². The van der Waals surface area contributed by atoms with Crippen molar-refractivity contribution in [2.24, 2.45) is 0 Å². The molecule has 0 saturated carbocycles. The van der Waals surface area contributed by atoms with E-state index in [1.165, 1.54) is 12.1 Å². The summed E-state index contributed by atoms with van der Waals surface area (Å²) in [5.74, 6) is 0.784. The zero-order valence-corrected chi connectivity index (χ0v) is 11.6. The molecular weight excluding hydrogens is 247 g/mol. The molecule has 1 N–H and O–H groups in total. The van der Waals surface area contributed by atoms with Gasteiger partial charge in [0.2, 0.25) is 0 Å². The fraction of sp³-hybridized carbons (Fsp3) is 0.357. The minimum Gasteiger partial charge on any atom is -0.381 e. The van der Waals surface area contributed by atoms with Gasteiger partial charge in [-0.05, 0) is 44.4 Å². The first-order chi connectivity index (χ1) is 8.60. The summed E-state index contributed by atoms with van der Waals surface area (Å²) < 4.78 is 13.3. The summed E-state index contributed by atoms with van der Waals surface area (Å²) >= 11 is 1.79. The summed E-state index contributed by atoms with van der Waals surface area (Å²) in [7, 11) is 0. The van der Waals surface area contributed by atoms with Crippen LogP contribution in [-0.4, -0.2) is 23.0 Å². The van der Waals surface area contributed by atoms with Crippen LogP contribution in [0.3, 0.4) is 0 Å². The van der Waals surface area contributed by atoms with Crippen molar-refractivity contribution >= 4 is 28.4 Å². The van der Waals surface area contributed by atoms with Crippen molar-refractivity contribution in [2.45, 2.75) is 19.9 Å². The highest BCUT2D eigenvalue weighted by atomic mass is 32.2. The topological polar surface area (TPSA) is 24.9 Å². The van der Waals surface area contributed by atoms with Crippen LogP contribution in [-0.2, 0) is 0 Å². The second-order valence-electron chi connectivity index (χ2n) is 4.47. The molecule has 0 spiro atoms. The van der Waals surface area contributed by atoms with Crippen molar-refractivity contribution in [1.82, 2.24) is 4.98 Å². The third-order valence-electron chi connectivity index (χ3n) is 2.72. The van der Waals surface area contributed by atoms with Crippen LogP contribution >= 0.6 is 11.8 Å². The van der Waals surface area contributed by atoms with Gasteiger partial charge in [0.05, 0.1) is 5.52 Å². The lowest BCUT2D eigenvalue weighted by Gasteiger charge is -2.16. The molecule has 0 radical (unpaired) electrons. The summed E-state index contributed by atoms with van der Waals surface area (Å²) in [6.07, 6.45) is 2.08. The van der Waals surface area contributed by atoms with Gasteiger partial charge in [-0.15, -0.1) is 0 Å². The number of hydrogen-bond donors (Lipinski definition) is 1. The Morgan fingerprint density at radius 1 is 1.39 bits per heavy atom. The monoisotopic (exact) mass is 264 g/mol. The summed E-state index contributed by atoms with van der Waals surface area (Å²) in [6, 6.07) is 7.02. The van der Waals surface area contributed by atoms with E-state index < -0.39 is 0 Å². The molecule has 1 aromatic carbocycles. The number of halogens is 1. The summed E-state index contributed by atoms with van der Waals surface area (Å²) in [4.78, 5) is 4.42. The third-order valence-corrected chi connectivity index (χ3v) is 3.55. The first-order valence-corrected chi connectivity index (χ1v) is 7.32. The lowest BCUT2D eigenvalue weighted by Crippen LogP contribution is -2.18. The third kappa shape index (κ3) is 2.93. The van der Waals surface area contributed by atoms with Gasteiger partial charge in [-0.3, -0.25) is 4.98 Å². The van der Waals surface area contributed by atoms with Crippen LogP contribution in [0.1, 0.15) is 12.6 Å². The number of anilines is 1. The number of thioether (sulfide) groups is 1. The van der Waals surface area contributed by atoms with E-state index in [0.717, 1.165) is 28.0 Å². The molecule has 1 unspecified atom stereocenters. The van der Waals surface area contributed by atoms with Crippen LogP contribution < -0.4 is 5.32 Å². The number of fused-ring (bicyclic) bond motifs is 1. The Kier molecular flexibility index (Phi) is 4.07. The highest BCUT2D eigenvalue weighted by molar-refractivity contribution is 7.98. The Morgan fingerprint density at radius 2 is 2.17 bits per heavy atom. The van der Waals surface area contributed by atoms with Crippen LogP contribution in [0, 0.1) is 12.7 Å². The minimum absolute atomic E-state index is 0.228. The molecule has 0 fully saturated rings. The quantitative estimate of drug-likeness (QED) is 0.908. The van der Waals surface area contributed by atoms with Gasteiger partial charge in [-0.1, -0.05) is 0 Å². The molecule has 2 nitrogen and oxygen atoms in total. The molecule has 0 bridgehead atoms. The van der Waals surface area contributed by atoms with E-state index in [2.05, 4.69) is 23.5 Å². The predicted molar refractivity (Wildman–Crippen MR) is 77.9 cm³/mol. The van der Waals surface area contributed by atoms with Gasteiger partial charge in [0.1, 0.15) is 5.82 Å². The summed E-state index contributed by atoms with van der Waals surface area (Å²) in [5, 5.41) is 4.27. The molecule has 1 atom stereocenters. The zero-order chi connectivity index (χ0) is 13.1. The molecule has 4 heteroatoms. The number of pyridine rings is 1. The van der Waals surface area contributed by atoms with Crippen molar-refractivity contribution in [3.63, 3.8) is 0 Å². The molecule has 0 amide bonds. The Bertz CT molecular complexity index is 557. The van der Waals surface area contributed by atoms with E-state index in [-0.39, 0.29) is 5.82 Å². The van der Waals surface area contributed by atoms with Gasteiger partial charge in [-0.2, -0.15) is 11.8 Å². The smallest absolute Gasteiger partial charge is 0.124 e. The molecule has 1 heterocycles. The highest BCUT2D eigenvalue weighted by Crippen LogP contribution is 2.25. The second-order valence-corrected chi connectivity index (χ2v) is 5.38. The minimum atomic E-state index is -0.228. The number of nitrogens with one attached hydrogen (secondary N) is 1. The standard InChI is InChI=1S/C14H17FN2S/c1-9-6-14(17-10(2)8-18-3)12-7-11(15)4-5-13(12)16-9/h4-7,10H,8H2,1-3H3,(H,16,17). The van der Waals surface area contributed by atoms with Gasteiger partial charge in [0.25, 0.3) is 0 Å². The maximum absolute atomic E-state index is 13.3. The molecule has 0 aliphatic carbocycles. The molecule has 2 aromatic rings. The first-order valence-electron chi connectivity index (χ1n) is 5.92. The maximum Gasteiger partial charge on any atom is 0.124 e. The van der Waals surface area contributed by atoms with Gasteiger partial charge in [0.15, 0.2) is 0 Å². The van der Waals surface area contributed by atoms with Crippen LogP contribution in [0.25, 0.3) is 10.9 Å². The molecule has 2 rings (SSSR count). The predicted octanol–water partition coefficient (Wildman–Crippen LogP) is 3.85. The average molecular weight is 264 g/mol. The van der Waals surface area contributed by atoms with Gasteiger partial charge in [0, 0.05) is 28.6 Å². The Morgan fingerprint density at radius 3 is 2.89 bits per heavy atom. The SMILES string of the molecule is CSCC(C)Nc1cc(C)nc2ccc(F)cc12. The Hall–Kier alpha value is -1.29. The molecule has 18 heavy (non-hydrogen) atoms. The van der Waals surface area contributed by atoms with Crippen LogP contribution in [0.5, 0.6) is 0 Å². The normalized spacial score (nSPS) is 12.7. The molecule has 1 aromatic heterocycles. The van der Waals surface area contributed by atoms with E-state index in [9.17, 15) is 4.39 Å². The fourth-order valence-corrected chi connectivity index (χ4v) is 2.59. The Balaban J connectivity index is 2.44. The summed E-state index contributed by atoms with van der Waals surface area (Å²) in [6.45, 7) is 4.07. The number of aryl methyl sites for hydroxylation is 1. The second kappa shape index (κ2) is 5.57. The van der Waals surface area contributed by atoms with Crippen LogP contribution in [0.2, 0.25) is 0 Å². The molecule has 0 aliphatic heterocycles. The van der Waals surface area contributed by atoms with Crippen molar-refractivity contribution in [1.29, 1.82) is 0 Å². The van der Waals surface area contributed by atoms with E-state index in [0.29, 0.717) is 6.04 Å². The number of hydrogen-bond acceptors (Lipinski definition) is 3. The largest absolute Gasteiger partial charge is 0.381 e. The van der Waals surface area contributed by atoms with E-state index in [1.54, 1.807) is 17.8 Å². The van der Waals surface area contributed by atoms with Crippen molar-refractivity contribution in [3.05, 3.63) is 35.8 Å². The fourth-order valence-electron chi connectivity index (χ4n) is 2.01. The average Bonchev–Trinajstić information content (AvgIpc) is 2.30. The number of benzene rings is 1. The van der Waals surface area contributed by atoms with Crippen molar-refractivity contribution in [3.8, 4) is 0 Å².